The minimum atomic E-state index is -2.00. The van der Waals surface area contributed by atoms with Crippen LogP contribution in [0.15, 0.2) is 206 Å². The molecule has 20 nitrogen and oxygen atoms in total. The van der Waals surface area contributed by atoms with Crippen LogP contribution in [-0.4, -0.2) is 177 Å². The van der Waals surface area contributed by atoms with Gasteiger partial charge in [-0.3, -0.25) is 9.59 Å². The third-order valence-electron chi connectivity index (χ3n) is 22.3. The summed E-state index contributed by atoms with van der Waals surface area (Å²) in [7, 11) is -7.66. The lowest BCUT2D eigenvalue weighted by molar-refractivity contribution is -0.329. The number of ether oxygens (including phenoxy) is 8. The molecule has 0 aliphatic carbocycles. The molecular formula is C100H110Br4Cl6O20Si4. The van der Waals surface area contributed by atoms with Gasteiger partial charge >= 0.3 is 5.97 Å². The third kappa shape index (κ3) is 28.5. The van der Waals surface area contributed by atoms with Crippen LogP contribution in [0.4, 0.5) is 0 Å². The Labute approximate surface area is 851 Å². The first-order valence-electron chi connectivity index (χ1n) is 43.8. The monoisotopic (exact) mass is 2270 g/mol. The normalized spacial score (nSPS) is 21.0. The molecule has 3 fully saturated rings. The van der Waals surface area contributed by atoms with Crippen molar-refractivity contribution in [3.63, 3.8) is 0 Å². The van der Waals surface area contributed by atoms with Crippen molar-refractivity contribution >= 4 is 184 Å². The molecule has 10 aromatic carbocycles. The van der Waals surface area contributed by atoms with Gasteiger partial charge in [-0.05, 0) is 292 Å². The van der Waals surface area contributed by atoms with E-state index in [2.05, 4.69) is 179 Å². The highest BCUT2D eigenvalue weighted by Crippen LogP contribution is 2.51. The van der Waals surface area contributed by atoms with Crippen LogP contribution in [0.3, 0.4) is 0 Å². The highest BCUT2D eigenvalue weighted by molar-refractivity contribution is 9.11. The highest BCUT2D eigenvalue weighted by atomic mass is 79.9. The molecule has 5 N–H and O–H groups in total. The zero-order chi connectivity index (χ0) is 97.1. The quantitative estimate of drug-likeness (QED) is 0.0205. The maximum atomic E-state index is 12.9. The van der Waals surface area contributed by atoms with Crippen LogP contribution in [0.2, 0.25) is 104 Å². The molecule has 2 bridgehead atoms. The van der Waals surface area contributed by atoms with Gasteiger partial charge in [0.15, 0.2) is 51.3 Å². The summed E-state index contributed by atoms with van der Waals surface area (Å²) in [5, 5.41) is 53.9. The van der Waals surface area contributed by atoms with Crippen LogP contribution in [0.1, 0.15) is 99.1 Å². The molecule has 0 spiro atoms. The Morgan fingerprint density at radius 1 is 0.470 bits per heavy atom. The minimum absolute atomic E-state index is 0.0685. The van der Waals surface area contributed by atoms with E-state index in [0.29, 0.717) is 80.8 Å². The number of halogens is 10. The molecule has 18 rings (SSSR count). The molecular weight excluding hydrogens is 2170 g/mol. The molecule has 0 aromatic heterocycles. The van der Waals surface area contributed by atoms with Gasteiger partial charge in [-0.15, -0.1) is 0 Å². The van der Waals surface area contributed by atoms with Gasteiger partial charge in [0, 0.05) is 87.3 Å². The lowest BCUT2D eigenvalue weighted by Gasteiger charge is -2.47. The van der Waals surface area contributed by atoms with Crippen LogP contribution in [0.25, 0.3) is 0 Å². The number of benzene rings is 10. The van der Waals surface area contributed by atoms with E-state index in [-0.39, 0.29) is 24.5 Å². The van der Waals surface area contributed by atoms with Crippen molar-refractivity contribution in [1.29, 1.82) is 0 Å². The lowest BCUT2D eigenvalue weighted by atomic mass is 9.83. The smallest absolute Gasteiger partial charge is 0.337 e. The van der Waals surface area contributed by atoms with Crippen LogP contribution in [0, 0.1) is 0 Å². The fourth-order valence-electron chi connectivity index (χ4n) is 15.9. The van der Waals surface area contributed by atoms with Gasteiger partial charge in [0.05, 0.1) is 68.5 Å². The second-order valence-corrected chi connectivity index (χ2v) is 61.0. The first kappa shape index (κ1) is 107. The summed E-state index contributed by atoms with van der Waals surface area (Å²) in [5.41, 5.74) is 12.3. The molecule has 0 radical (unpaired) electrons. The SMILES string of the molecule is C[Si](C)(C)OC[C@H]1OC(=O)[C@H](O[Si](C)(C)C)[C@@H](O[Si](C)(C)C)[C@@H]1O[Si](C)(C)C.Clc1ccc(Br)cc1Cc1ccc2c(c1)CCO2.O=C(Cl)c1cc(Br)ccc1Cl.O=C(c1ccc2c(c1)CCO2)c1cc(Br)ccc1Cl.OC(c1ccc2c(c1)CCO2)c1cc(Br)ccc1Cl.OC[C@]12CO[C@](c3ccc(Cl)c(Cc4ccc5c(c4)CCO5)c3)(O1)[C@H](O)[C@@H](O)[C@@H]2O.c1ccc2c(c1)CCO2. The first-order chi connectivity index (χ1) is 63.2. The molecule has 1 unspecified atom stereocenters. The lowest BCUT2D eigenvalue weighted by Crippen LogP contribution is -2.65. The third-order valence-corrected chi connectivity index (χ3v) is 30.1. The van der Waals surface area contributed by atoms with E-state index >= 15 is 0 Å². The second kappa shape index (κ2) is 46.7. The Hall–Kier alpha value is -5.90. The second-order valence-electron chi connectivity index (χ2n) is 37.1. The molecule has 0 amide bonds. The summed E-state index contributed by atoms with van der Waals surface area (Å²) < 4.78 is 73.8. The fraction of sp³-hybridized carbons (Fsp3) is 0.370. The molecule has 10 atom stereocenters. The highest BCUT2D eigenvalue weighted by Gasteiger charge is 2.67. The van der Waals surface area contributed by atoms with Crippen molar-refractivity contribution in [2.24, 2.45) is 0 Å². The Kier molecular flexibility index (Phi) is 37.2. The van der Waals surface area contributed by atoms with E-state index in [1.807, 2.05) is 91.0 Å². The standard InChI is InChI=1S/C22H23ClO7.C18H42O6Si4.C15H12BrClO2.C15H10BrClO2.C15H12BrClO.C8H8O.C7H3BrCl2O/c23-16-3-2-15(9-14(16)8-12-1-4-17-13(7-12)5-6-28-17)22-20(27)18(25)19(26)21(10-24,30-22)11-29-22;1-25(2,3)20-13-14-15(22-26(4,5)6)16(23-27(7,8)9)17(18(19)21-14)24-28(10,11)12;2*16-11-2-3-13(17)12(8-11)15(18)10-1-4-14-9(7-10)5-6-19-14;16-13-2-3-14(17)12(9-13)8-10-1-4-15-11(7-10)5-6-18-15;1-2-4-8-7(3-1)5-6-9-8;8-4-1-2-6(9)5(3-4)7(10)11/h1-4,7,9,18-20,24-27H,5-6,8,10-11H2;14-17H,13H2,1-12H3;1-4,7-8,15,18H,5-6H2;1-4,7-8H,5-6H2;1-4,7,9H,5-6,8H2;1-4H,5-6H2;1-3H/t18-,19-,20+,21+,22+;14-,15-,16+,17-;;;;;/m01...../s1. The Morgan fingerprint density at radius 2 is 0.918 bits per heavy atom. The van der Waals surface area contributed by atoms with Gasteiger partial charge in [0.25, 0.3) is 5.24 Å². The first-order valence-corrected chi connectivity index (χ1v) is 62.9. The van der Waals surface area contributed by atoms with Crippen molar-refractivity contribution in [2.45, 2.75) is 184 Å². The van der Waals surface area contributed by atoms with Crippen LogP contribution in [0.5, 0.6) is 28.7 Å². The van der Waals surface area contributed by atoms with E-state index in [4.69, 9.17) is 125 Å². The summed E-state index contributed by atoms with van der Waals surface area (Å²) in [5.74, 6) is 2.66. The maximum Gasteiger partial charge on any atom is 0.337 e. The number of rotatable bonds is 20. The molecule has 8 aliphatic rings. The Morgan fingerprint density at radius 3 is 1.44 bits per heavy atom. The van der Waals surface area contributed by atoms with E-state index in [1.54, 1.807) is 60.7 Å². The van der Waals surface area contributed by atoms with Gasteiger partial charge in [-0.25, -0.2) is 4.79 Å². The maximum absolute atomic E-state index is 12.9. The number of aliphatic hydroxyl groups excluding tert-OH is 5. The molecule has 34 heteroatoms. The van der Waals surface area contributed by atoms with Crippen molar-refractivity contribution in [3.8, 4) is 28.7 Å². The number of para-hydroxylation sites is 1. The predicted molar refractivity (Wildman–Crippen MR) is 550 cm³/mol. The van der Waals surface area contributed by atoms with Crippen molar-refractivity contribution in [2.75, 3.05) is 52.9 Å². The number of cyclic esters (lactones) is 1. The van der Waals surface area contributed by atoms with Gasteiger partial charge in [-0.1, -0.05) is 176 Å². The molecule has 10 aromatic rings. The topological polar surface area (TPSA) is 263 Å². The van der Waals surface area contributed by atoms with Crippen molar-refractivity contribution < 1.29 is 95.5 Å². The predicted octanol–water partition coefficient (Wildman–Crippen LogP) is 23.4. The van der Waals surface area contributed by atoms with Crippen LogP contribution < -0.4 is 23.7 Å². The van der Waals surface area contributed by atoms with Gasteiger partial charge < -0.3 is 81.1 Å². The number of hydrogen-bond acceptors (Lipinski definition) is 20. The van der Waals surface area contributed by atoms with Gasteiger partial charge in [-0.2, -0.15) is 0 Å². The summed E-state index contributed by atoms with van der Waals surface area (Å²) in [6.45, 7) is 28.7. The number of hydrogen-bond donors (Lipinski definition) is 5. The number of aliphatic hydroxyl groups is 5. The minimum Gasteiger partial charge on any atom is -0.493 e. The molecule has 716 valence electrons. The largest absolute Gasteiger partial charge is 0.493 e. The van der Waals surface area contributed by atoms with E-state index in [9.17, 15) is 39.9 Å². The summed E-state index contributed by atoms with van der Waals surface area (Å²) >= 11 is 49.2. The molecule has 8 aliphatic heterocycles. The summed E-state index contributed by atoms with van der Waals surface area (Å²) in [6, 6.07) is 58.7. The summed E-state index contributed by atoms with van der Waals surface area (Å²) in [4.78, 5) is 36.1. The Bertz CT molecular complexity index is 5820. The van der Waals surface area contributed by atoms with Crippen LogP contribution >= 0.6 is 133 Å². The fourth-order valence-corrected chi connectivity index (χ4v) is 22.4. The number of carbonyl (C=O) groups is 3. The average Bonchev–Trinajstić information content (AvgIpc) is 1.55. The van der Waals surface area contributed by atoms with E-state index < -0.39 is 99.2 Å². The number of fused-ring (bicyclic) bond motifs is 7. The van der Waals surface area contributed by atoms with E-state index in [1.165, 1.54) is 16.7 Å². The molecule has 134 heavy (non-hydrogen) atoms. The zero-order valence-corrected chi connectivity index (χ0v) is 91.1. The van der Waals surface area contributed by atoms with Crippen molar-refractivity contribution in [3.05, 3.63) is 315 Å². The number of esters is 1. The van der Waals surface area contributed by atoms with Gasteiger partial charge in [0.1, 0.15) is 71.0 Å². The zero-order valence-electron chi connectivity index (χ0n) is 76.3. The number of carbonyl (C=O) groups excluding carboxylic acids is 3. The number of ketones is 1. The average molecular weight is 2280 g/mol. The van der Waals surface area contributed by atoms with E-state index in [0.717, 1.165) is 142 Å². The van der Waals surface area contributed by atoms with Crippen LogP contribution in [-0.2, 0) is 87.4 Å². The molecule has 3 saturated heterocycles. The molecule has 0 saturated carbocycles. The molecule has 8 heterocycles. The van der Waals surface area contributed by atoms with Gasteiger partial charge in [0.2, 0.25) is 5.79 Å². The Balaban J connectivity index is 0.000000145. The van der Waals surface area contributed by atoms with Crippen molar-refractivity contribution in [1.82, 2.24) is 0 Å². The summed E-state index contributed by atoms with van der Waals surface area (Å²) in [6.07, 6.45) is -1.26.